The van der Waals surface area contributed by atoms with E-state index in [1.54, 1.807) is 12.1 Å². The van der Waals surface area contributed by atoms with Gasteiger partial charge in [-0.25, -0.2) is 4.39 Å². The molecule has 0 spiro atoms. The third-order valence-electron chi connectivity index (χ3n) is 3.00. The van der Waals surface area contributed by atoms with Gasteiger partial charge in [0.1, 0.15) is 11.5 Å². The molecule has 0 amide bonds. The minimum Gasteiger partial charge on any atom is -0.383 e. The van der Waals surface area contributed by atoms with Gasteiger partial charge in [0, 0.05) is 43.0 Å². The van der Waals surface area contributed by atoms with Crippen LogP contribution in [0.1, 0.15) is 0 Å². The Morgan fingerprint density at radius 3 is 2.17 bits per heavy atom. The van der Waals surface area contributed by atoms with E-state index in [4.69, 9.17) is 0 Å². The molecular formula is C14H13FN4O4. The quantitative estimate of drug-likeness (QED) is 0.460. The fourth-order valence-electron chi connectivity index (χ4n) is 1.91. The zero-order valence-electron chi connectivity index (χ0n) is 11.9. The predicted molar refractivity (Wildman–Crippen MR) is 83.1 cm³/mol. The van der Waals surface area contributed by atoms with E-state index in [9.17, 15) is 24.6 Å². The Labute approximate surface area is 130 Å². The van der Waals surface area contributed by atoms with Gasteiger partial charge in [0.05, 0.1) is 9.85 Å². The summed E-state index contributed by atoms with van der Waals surface area (Å²) in [5.41, 5.74) is 0.553. The lowest BCUT2D eigenvalue weighted by atomic mass is 10.2. The number of halogens is 1. The van der Waals surface area contributed by atoms with E-state index >= 15 is 0 Å². The number of nitrogens with zero attached hydrogens (tertiary/aromatic N) is 2. The number of rotatable bonds is 7. The maximum absolute atomic E-state index is 13.2. The van der Waals surface area contributed by atoms with Crippen molar-refractivity contribution in [3.8, 4) is 0 Å². The molecule has 0 radical (unpaired) electrons. The Morgan fingerprint density at radius 1 is 0.913 bits per heavy atom. The van der Waals surface area contributed by atoms with Crippen molar-refractivity contribution in [1.29, 1.82) is 0 Å². The number of anilines is 2. The average molecular weight is 320 g/mol. The highest BCUT2D eigenvalue weighted by atomic mass is 19.1. The molecule has 0 aliphatic rings. The summed E-state index contributed by atoms with van der Waals surface area (Å²) < 4.78 is 13.2. The standard InChI is InChI=1S/C14H13FN4O4/c15-10-1-6-14(19(22)23)13(9-10)17-8-7-16-11-2-4-12(5-3-11)18(20)21/h1-6,9,16-17H,7-8H2. The molecule has 8 nitrogen and oxygen atoms in total. The first kappa shape index (κ1) is 16.1. The highest BCUT2D eigenvalue weighted by Crippen LogP contribution is 2.24. The van der Waals surface area contributed by atoms with Crippen molar-refractivity contribution < 1.29 is 14.2 Å². The van der Waals surface area contributed by atoms with Crippen LogP contribution in [0.2, 0.25) is 0 Å². The van der Waals surface area contributed by atoms with Gasteiger partial charge in [-0.05, 0) is 18.2 Å². The van der Waals surface area contributed by atoms with Crippen molar-refractivity contribution >= 4 is 22.7 Å². The molecule has 0 fully saturated rings. The van der Waals surface area contributed by atoms with Crippen LogP contribution in [0.5, 0.6) is 0 Å². The third-order valence-corrected chi connectivity index (χ3v) is 3.00. The van der Waals surface area contributed by atoms with Crippen LogP contribution in [0.3, 0.4) is 0 Å². The summed E-state index contributed by atoms with van der Waals surface area (Å²) in [6, 6.07) is 9.04. The number of hydrogen-bond acceptors (Lipinski definition) is 6. The number of nitro groups is 2. The number of nitrogens with one attached hydrogen (secondary N) is 2. The monoisotopic (exact) mass is 320 g/mol. The Bertz CT molecular complexity index is 721. The first-order chi connectivity index (χ1) is 11.0. The van der Waals surface area contributed by atoms with E-state index in [0.29, 0.717) is 18.8 Å². The average Bonchev–Trinajstić information content (AvgIpc) is 2.51. The van der Waals surface area contributed by atoms with Crippen LogP contribution in [0, 0.1) is 26.0 Å². The second-order valence-corrected chi connectivity index (χ2v) is 4.58. The first-order valence-electron chi connectivity index (χ1n) is 6.63. The molecule has 0 saturated carbocycles. The highest BCUT2D eigenvalue weighted by molar-refractivity contribution is 5.61. The largest absolute Gasteiger partial charge is 0.383 e. The zero-order valence-corrected chi connectivity index (χ0v) is 11.9. The van der Waals surface area contributed by atoms with E-state index in [1.807, 2.05) is 0 Å². The van der Waals surface area contributed by atoms with Crippen molar-refractivity contribution in [2.24, 2.45) is 0 Å². The molecule has 2 rings (SSSR count). The molecular weight excluding hydrogens is 307 g/mol. The van der Waals surface area contributed by atoms with Crippen molar-refractivity contribution in [1.82, 2.24) is 0 Å². The topological polar surface area (TPSA) is 110 Å². The highest BCUT2D eigenvalue weighted by Gasteiger charge is 2.13. The van der Waals surface area contributed by atoms with Crippen LogP contribution >= 0.6 is 0 Å². The molecule has 2 aromatic rings. The number of non-ortho nitro benzene ring substituents is 1. The summed E-state index contributed by atoms with van der Waals surface area (Å²) in [5, 5.41) is 27.2. The summed E-state index contributed by atoms with van der Waals surface area (Å²) in [6.45, 7) is 0.701. The maximum atomic E-state index is 13.2. The van der Waals surface area contributed by atoms with E-state index in [2.05, 4.69) is 10.6 Å². The van der Waals surface area contributed by atoms with Crippen molar-refractivity contribution in [3.05, 3.63) is 68.5 Å². The van der Waals surface area contributed by atoms with E-state index < -0.39 is 15.7 Å². The summed E-state index contributed by atoms with van der Waals surface area (Å²) in [6.07, 6.45) is 0. The summed E-state index contributed by atoms with van der Waals surface area (Å²) >= 11 is 0. The molecule has 0 atom stereocenters. The van der Waals surface area contributed by atoms with Gasteiger partial charge in [0.2, 0.25) is 0 Å². The summed E-state index contributed by atoms with van der Waals surface area (Å²) in [5.74, 6) is -0.568. The second kappa shape index (κ2) is 7.16. The third kappa shape index (κ3) is 4.37. The Morgan fingerprint density at radius 2 is 1.57 bits per heavy atom. The molecule has 0 aliphatic heterocycles. The predicted octanol–water partition coefficient (Wildman–Crippen LogP) is 3.17. The first-order valence-corrected chi connectivity index (χ1v) is 6.63. The minimum atomic E-state index is -0.592. The number of nitro benzene ring substituents is 2. The Hall–Kier alpha value is -3.23. The van der Waals surface area contributed by atoms with E-state index in [-0.39, 0.29) is 17.1 Å². The molecule has 0 aliphatic carbocycles. The number of benzene rings is 2. The minimum absolute atomic E-state index is 0.0101. The van der Waals surface area contributed by atoms with Crippen LogP contribution < -0.4 is 10.6 Å². The molecule has 9 heteroatoms. The van der Waals surface area contributed by atoms with Gasteiger partial charge in [-0.15, -0.1) is 0 Å². The Kier molecular flexibility index (Phi) is 5.03. The van der Waals surface area contributed by atoms with Crippen LogP contribution in [0.25, 0.3) is 0 Å². The molecule has 0 bridgehead atoms. The SMILES string of the molecule is O=[N+]([O-])c1ccc(NCCNc2cc(F)ccc2[N+](=O)[O-])cc1. The summed E-state index contributed by atoms with van der Waals surface area (Å²) in [7, 11) is 0. The van der Waals surface area contributed by atoms with Crippen LogP contribution in [0.4, 0.5) is 27.1 Å². The Balaban J connectivity index is 1.89. The molecule has 120 valence electrons. The van der Waals surface area contributed by atoms with Gasteiger partial charge in [0.15, 0.2) is 0 Å². The van der Waals surface area contributed by atoms with Crippen molar-refractivity contribution in [3.63, 3.8) is 0 Å². The molecule has 0 aromatic heterocycles. The lowest BCUT2D eigenvalue weighted by Gasteiger charge is -2.09. The van der Waals surface area contributed by atoms with Crippen LogP contribution in [-0.4, -0.2) is 22.9 Å². The molecule has 0 unspecified atom stereocenters. The van der Waals surface area contributed by atoms with Gasteiger partial charge in [-0.3, -0.25) is 20.2 Å². The normalized spacial score (nSPS) is 10.1. The van der Waals surface area contributed by atoms with Gasteiger partial charge in [-0.2, -0.15) is 0 Å². The van der Waals surface area contributed by atoms with Gasteiger partial charge in [-0.1, -0.05) is 0 Å². The van der Waals surface area contributed by atoms with Crippen LogP contribution in [0.15, 0.2) is 42.5 Å². The van der Waals surface area contributed by atoms with Gasteiger partial charge >= 0.3 is 0 Å². The molecule has 0 saturated heterocycles. The smallest absolute Gasteiger partial charge is 0.292 e. The summed E-state index contributed by atoms with van der Waals surface area (Å²) in [4.78, 5) is 20.3. The fourth-order valence-corrected chi connectivity index (χ4v) is 1.91. The zero-order chi connectivity index (χ0) is 16.8. The lowest BCUT2D eigenvalue weighted by molar-refractivity contribution is -0.384. The molecule has 0 heterocycles. The molecule has 2 N–H and O–H groups in total. The second-order valence-electron chi connectivity index (χ2n) is 4.58. The van der Waals surface area contributed by atoms with Crippen LogP contribution in [-0.2, 0) is 0 Å². The van der Waals surface area contributed by atoms with Crippen molar-refractivity contribution in [2.45, 2.75) is 0 Å². The van der Waals surface area contributed by atoms with E-state index in [1.165, 1.54) is 12.1 Å². The van der Waals surface area contributed by atoms with Crippen molar-refractivity contribution in [2.75, 3.05) is 23.7 Å². The molecule has 2 aromatic carbocycles. The van der Waals surface area contributed by atoms with E-state index in [0.717, 1.165) is 18.2 Å². The molecule has 23 heavy (non-hydrogen) atoms. The number of hydrogen-bond donors (Lipinski definition) is 2. The fraction of sp³-hybridized carbons (Fsp3) is 0.143. The lowest BCUT2D eigenvalue weighted by Crippen LogP contribution is -2.14. The maximum Gasteiger partial charge on any atom is 0.292 e. The van der Waals surface area contributed by atoms with Gasteiger partial charge in [0.25, 0.3) is 11.4 Å². The van der Waals surface area contributed by atoms with Gasteiger partial charge < -0.3 is 10.6 Å².